The van der Waals surface area contributed by atoms with Crippen LogP contribution in [0.15, 0.2) is 0 Å². The van der Waals surface area contributed by atoms with E-state index in [9.17, 15) is 0 Å². The Kier molecular flexibility index (Phi) is 3.93. The summed E-state index contributed by atoms with van der Waals surface area (Å²) < 4.78 is 0. The van der Waals surface area contributed by atoms with E-state index in [0.717, 1.165) is 50.0 Å². The summed E-state index contributed by atoms with van der Waals surface area (Å²) in [5.41, 5.74) is 6.11. The number of thioether (sulfide) groups is 1. The van der Waals surface area contributed by atoms with Gasteiger partial charge in [-0.2, -0.15) is 16.7 Å². The Morgan fingerprint density at radius 2 is 2.18 bits per heavy atom. The number of hydrogen-bond acceptors (Lipinski definition) is 5. The minimum absolute atomic E-state index is 0.301. The molecule has 2 heterocycles. The SMILES string of the molecule is CSCc1nc(N2CCC(C)(CN)CC2)n[nH]1. The highest BCUT2D eigenvalue weighted by molar-refractivity contribution is 7.97. The number of aromatic nitrogens is 3. The molecule has 0 unspecified atom stereocenters. The van der Waals surface area contributed by atoms with Gasteiger partial charge >= 0.3 is 0 Å². The normalized spacial score (nSPS) is 19.6. The molecule has 1 fully saturated rings. The van der Waals surface area contributed by atoms with E-state index >= 15 is 0 Å². The fraction of sp³-hybridized carbons (Fsp3) is 0.818. The monoisotopic (exact) mass is 255 g/mol. The summed E-state index contributed by atoms with van der Waals surface area (Å²) in [7, 11) is 0. The minimum Gasteiger partial charge on any atom is -0.340 e. The molecule has 2 rings (SSSR count). The van der Waals surface area contributed by atoms with Crippen LogP contribution in [0.4, 0.5) is 5.95 Å². The lowest BCUT2D eigenvalue weighted by atomic mass is 9.81. The van der Waals surface area contributed by atoms with Crippen LogP contribution in [0, 0.1) is 5.41 Å². The summed E-state index contributed by atoms with van der Waals surface area (Å²) >= 11 is 1.75. The van der Waals surface area contributed by atoms with Crippen molar-refractivity contribution in [3.05, 3.63) is 5.82 Å². The molecule has 1 aromatic heterocycles. The number of nitrogens with two attached hydrogens (primary N) is 1. The van der Waals surface area contributed by atoms with Crippen molar-refractivity contribution in [2.45, 2.75) is 25.5 Å². The first-order valence-corrected chi connectivity index (χ1v) is 7.41. The molecule has 0 aromatic carbocycles. The molecule has 96 valence electrons. The molecule has 0 aliphatic carbocycles. The van der Waals surface area contributed by atoms with Gasteiger partial charge in [0.25, 0.3) is 0 Å². The standard InChI is InChI=1S/C11H21N5S/c1-11(8-12)3-5-16(6-4-11)10-13-9(7-17-2)14-15-10/h3-8,12H2,1-2H3,(H,13,14,15). The maximum atomic E-state index is 5.81. The number of piperidine rings is 1. The van der Waals surface area contributed by atoms with Crippen molar-refractivity contribution >= 4 is 17.7 Å². The van der Waals surface area contributed by atoms with Gasteiger partial charge in [0.1, 0.15) is 5.82 Å². The van der Waals surface area contributed by atoms with Crippen molar-refractivity contribution in [1.82, 2.24) is 15.2 Å². The molecule has 3 N–H and O–H groups in total. The maximum Gasteiger partial charge on any atom is 0.244 e. The Labute approximate surface area is 107 Å². The van der Waals surface area contributed by atoms with Crippen molar-refractivity contribution in [3.8, 4) is 0 Å². The minimum atomic E-state index is 0.301. The highest BCUT2D eigenvalue weighted by Crippen LogP contribution is 2.30. The second-order valence-electron chi connectivity index (χ2n) is 5.02. The van der Waals surface area contributed by atoms with Crippen LogP contribution in [0.25, 0.3) is 0 Å². The van der Waals surface area contributed by atoms with Gasteiger partial charge in [-0.15, -0.1) is 5.10 Å². The summed E-state index contributed by atoms with van der Waals surface area (Å²) in [4.78, 5) is 6.75. The van der Waals surface area contributed by atoms with Crippen LogP contribution >= 0.6 is 11.8 Å². The van der Waals surface area contributed by atoms with E-state index < -0.39 is 0 Å². The molecule has 5 nitrogen and oxygen atoms in total. The molecule has 0 bridgehead atoms. The largest absolute Gasteiger partial charge is 0.340 e. The lowest BCUT2D eigenvalue weighted by molar-refractivity contribution is 0.257. The maximum absolute atomic E-state index is 5.81. The average Bonchev–Trinajstić information content (AvgIpc) is 2.79. The number of rotatable bonds is 4. The zero-order valence-corrected chi connectivity index (χ0v) is 11.4. The van der Waals surface area contributed by atoms with Crippen LogP contribution in [0.1, 0.15) is 25.6 Å². The third kappa shape index (κ3) is 2.93. The van der Waals surface area contributed by atoms with Gasteiger partial charge in [-0.25, -0.2) is 0 Å². The summed E-state index contributed by atoms with van der Waals surface area (Å²) in [6.45, 7) is 5.04. The molecule has 0 spiro atoms. The highest BCUT2D eigenvalue weighted by atomic mass is 32.2. The number of nitrogens with one attached hydrogen (secondary N) is 1. The first kappa shape index (κ1) is 12.7. The molecule has 0 saturated carbocycles. The molecule has 1 aliphatic rings. The summed E-state index contributed by atoms with van der Waals surface area (Å²) in [5.74, 6) is 2.69. The van der Waals surface area contributed by atoms with Gasteiger partial charge in [-0.1, -0.05) is 6.92 Å². The topological polar surface area (TPSA) is 70.8 Å². The van der Waals surface area contributed by atoms with Gasteiger partial charge in [0, 0.05) is 13.1 Å². The Balaban J connectivity index is 1.95. The van der Waals surface area contributed by atoms with E-state index in [1.54, 1.807) is 11.8 Å². The number of H-pyrrole nitrogens is 1. The van der Waals surface area contributed by atoms with Crippen LogP contribution in [-0.4, -0.2) is 41.1 Å². The summed E-state index contributed by atoms with van der Waals surface area (Å²) in [6.07, 6.45) is 4.31. The van der Waals surface area contributed by atoms with Crippen molar-refractivity contribution in [1.29, 1.82) is 0 Å². The van der Waals surface area contributed by atoms with Crippen LogP contribution in [0.5, 0.6) is 0 Å². The van der Waals surface area contributed by atoms with Gasteiger partial charge in [0.15, 0.2) is 0 Å². The van der Waals surface area contributed by atoms with Crippen molar-refractivity contribution in [2.24, 2.45) is 11.1 Å². The third-order valence-electron chi connectivity index (χ3n) is 3.55. The molecule has 0 radical (unpaired) electrons. The second-order valence-corrected chi connectivity index (χ2v) is 5.88. The third-order valence-corrected chi connectivity index (χ3v) is 4.11. The zero-order valence-electron chi connectivity index (χ0n) is 10.6. The fourth-order valence-electron chi connectivity index (χ4n) is 2.08. The van der Waals surface area contributed by atoms with E-state index in [1.165, 1.54) is 0 Å². The second kappa shape index (κ2) is 5.27. The number of aromatic amines is 1. The molecular formula is C11H21N5S. The Morgan fingerprint density at radius 1 is 1.47 bits per heavy atom. The Morgan fingerprint density at radius 3 is 2.76 bits per heavy atom. The summed E-state index contributed by atoms with van der Waals surface area (Å²) in [5, 5.41) is 7.27. The fourth-order valence-corrected chi connectivity index (χ4v) is 2.48. The Hall–Kier alpha value is -0.750. The van der Waals surface area contributed by atoms with E-state index in [2.05, 4.69) is 33.3 Å². The Bertz CT molecular complexity index is 356. The smallest absolute Gasteiger partial charge is 0.244 e. The summed E-state index contributed by atoms with van der Waals surface area (Å²) in [6, 6.07) is 0. The first-order valence-electron chi connectivity index (χ1n) is 6.02. The van der Waals surface area contributed by atoms with Crippen LogP contribution < -0.4 is 10.6 Å². The molecule has 0 amide bonds. The average molecular weight is 255 g/mol. The lowest BCUT2D eigenvalue weighted by Gasteiger charge is -2.38. The van der Waals surface area contributed by atoms with Crippen molar-refractivity contribution < 1.29 is 0 Å². The first-order chi connectivity index (χ1) is 8.17. The molecule has 6 heteroatoms. The van der Waals surface area contributed by atoms with Crippen molar-refractivity contribution in [2.75, 3.05) is 30.8 Å². The van der Waals surface area contributed by atoms with E-state index in [-0.39, 0.29) is 0 Å². The van der Waals surface area contributed by atoms with E-state index in [0.29, 0.717) is 5.41 Å². The van der Waals surface area contributed by atoms with Crippen LogP contribution in [-0.2, 0) is 5.75 Å². The molecule has 0 atom stereocenters. The van der Waals surface area contributed by atoms with Gasteiger partial charge in [0.05, 0.1) is 5.75 Å². The molecular weight excluding hydrogens is 234 g/mol. The van der Waals surface area contributed by atoms with E-state index in [1.807, 2.05) is 0 Å². The number of nitrogens with zero attached hydrogens (tertiary/aromatic N) is 3. The van der Waals surface area contributed by atoms with Gasteiger partial charge < -0.3 is 10.6 Å². The lowest BCUT2D eigenvalue weighted by Crippen LogP contribution is -2.42. The van der Waals surface area contributed by atoms with Gasteiger partial charge in [-0.3, -0.25) is 5.10 Å². The van der Waals surface area contributed by atoms with E-state index in [4.69, 9.17) is 5.73 Å². The number of hydrogen-bond donors (Lipinski definition) is 2. The quantitative estimate of drug-likeness (QED) is 0.847. The van der Waals surface area contributed by atoms with Crippen LogP contribution in [0.2, 0.25) is 0 Å². The molecule has 1 aliphatic heterocycles. The predicted molar refractivity (Wildman–Crippen MR) is 72.2 cm³/mol. The van der Waals surface area contributed by atoms with Crippen molar-refractivity contribution in [3.63, 3.8) is 0 Å². The predicted octanol–water partition coefficient (Wildman–Crippen LogP) is 1.23. The highest BCUT2D eigenvalue weighted by Gasteiger charge is 2.29. The molecule has 17 heavy (non-hydrogen) atoms. The van der Waals surface area contributed by atoms with Gasteiger partial charge in [0.2, 0.25) is 5.95 Å². The zero-order chi connectivity index (χ0) is 12.3. The molecule has 1 aromatic rings. The number of anilines is 1. The molecule has 1 saturated heterocycles. The van der Waals surface area contributed by atoms with Gasteiger partial charge in [-0.05, 0) is 31.1 Å². The van der Waals surface area contributed by atoms with Crippen LogP contribution in [0.3, 0.4) is 0 Å².